The van der Waals surface area contributed by atoms with Crippen LogP contribution >= 0.6 is 0 Å². The molecule has 0 fully saturated rings. The summed E-state index contributed by atoms with van der Waals surface area (Å²) in [5.74, 6) is 0.386. The molecule has 134 valence electrons. The van der Waals surface area contributed by atoms with Crippen molar-refractivity contribution in [1.82, 2.24) is 5.32 Å². The maximum atomic E-state index is 12.5. The first-order valence-electron chi connectivity index (χ1n) is 8.07. The van der Waals surface area contributed by atoms with E-state index in [0.717, 1.165) is 12.0 Å². The lowest BCUT2D eigenvalue weighted by atomic mass is 9.99. The predicted octanol–water partition coefficient (Wildman–Crippen LogP) is 3.75. The third kappa shape index (κ3) is 4.96. The fourth-order valence-electron chi connectivity index (χ4n) is 2.28. The molecule has 2 rings (SSSR count). The van der Waals surface area contributed by atoms with Crippen molar-refractivity contribution < 1.29 is 13.2 Å². The largest absolute Gasteiger partial charge is 0.341 e. The Morgan fingerprint density at radius 3 is 2.32 bits per heavy atom. The van der Waals surface area contributed by atoms with E-state index in [1.54, 1.807) is 36.4 Å². The Labute approximate surface area is 148 Å². The van der Waals surface area contributed by atoms with Gasteiger partial charge >= 0.3 is 6.03 Å². The second kappa shape index (κ2) is 8.02. The summed E-state index contributed by atoms with van der Waals surface area (Å²) in [5, 5.41) is 5.04. The number of benzene rings is 2. The van der Waals surface area contributed by atoms with E-state index in [1.807, 2.05) is 12.1 Å². The summed E-state index contributed by atoms with van der Waals surface area (Å²) in [6.45, 7) is 4.20. The van der Waals surface area contributed by atoms with E-state index in [9.17, 15) is 13.2 Å². The van der Waals surface area contributed by atoms with Crippen molar-refractivity contribution in [2.24, 2.45) is 0 Å². The summed E-state index contributed by atoms with van der Waals surface area (Å²) < 4.78 is 27.6. The topological polar surface area (TPSA) is 87.3 Å². The van der Waals surface area contributed by atoms with Crippen LogP contribution in [-0.4, -0.2) is 21.5 Å². The number of carbonyl (C=O) groups excluding carboxylic acids is 1. The third-order valence-electron chi connectivity index (χ3n) is 3.97. The Morgan fingerprint density at radius 2 is 1.72 bits per heavy atom. The molecule has 2 amide bonds. The van der Waals surface area contributed by atoms with Gasteiger partial charge in [0, 0.05) is 12.7 Å². The van der Waals surface area contributed by atoms with Crippen molar-refractivity contribution in [1.29, 1.82) is 0 Å². The Balaban J connectivity index is 2.18. The number of nitrogens with one attached hydrogen (secondary N) is 3. The molecule has 0 aliphatic carbocycles. The fraction of sp³-hybridized carbons (Fsp3) is 0.278. The zero-order valence-electron chi connectivity index (χ0n) is 14.5. The van der Waals surface area contributed by atoms with E-state index in [4.69, 9.17) is 0 Å². The third-order valence-corrected chi connectivity index (χ3v) is 5.37. The van der Waals surface area contributed by atoms with Crippen LogP contribution in [0.25, 0.3) is 0 Å². The normalized spacial score (nSPS) is 12.3. The highest BCUT2D eigenvalue weighted by Crippen LogP contribution is 2.23. The van der Waals surface area contributed by atoms with Gasteiger partial charge in [0.05, 0.1) is 10.6 Å². The first-order valence-corrected chi connectivity index (χ1v) is 9.55. The van der Waals surface area contributed by atoms with Gasteiger partial charge in [-0.05, 0) is 48.2 Å². The molecule has 0 aliphatic rings. The highest BCUT2D eigenvalue weighted by molar-refractivity contribution is 7.92. The molecule has 3 N–H and O–H groups in total. The summed E-state index contributed by atoms with van der Waals surface area (Å²) >= 11 is 0. The molecule has 25 heavy (non-hydrogen) atoms. The molecule has 0 bridgehead atoms. The van der Waals surface area contributed by atoms with Crippen molar-refractivity contribution in [3.8, 4) is 0 Å². The molecule has 7 heteroatoms. The molecule has 0 aromatic heterocycles. The predicted molar refractivity (Wildman–Crippen MR) is 100 cm³/mol. The lowest BCUT2D eigenvalue weighted by Crippen LogP contribution is -2.24. The van der Waals surface area contributed by atoms with Gasteiger partial charge in [-0.3, -0.25) is 4.72 Å². The molecule has 0 aliphatic heterocycles. The van der Waals surface area contributed by atoms with Gasteiger partial charge < -0.3 is 10.6 Å². The molecule has 2 aromatic carbocycles. The van der Waals surface area contributed by atoms with Crippen molar-refractivity contribution >= 4 is 27.4 Å². The number of sulfonamides is 1. The minimum absolute atomic E-state index is 0.198. The van der Waals surface area contributed by atoms with E-state index in [0.29, 0.717) is 17.3 Å². The van der Waals surface area contributed by atoms with Gasteiger partial charge in [-0.2, -0.15) is 0 Å². The van der Waals surface area contributed by atoms with Gasteiger partial charge in [0.15, 0.2) is 0 Å². The van der Waals surface area contributed by atoms with Gasteiger partial charge in [-0.25, -0.2) is 13.2 Å². The summed E-state index contributed by atoms with van der Waals surface area (Å²) in [5.41, 5.74) is 1.98. The highest BCUT2D eigenvalue weighted by Gasteiger charge is 2.15. The van der Waals surface area contributed by atoms with Crippen molar-refractivity contribution in [3.63, 3.8) is 0 Å². The van der Waals surface area contributed by atoms with Crippen molar-refractivity contribution in [2.75, 3.05) is 17.1 Å². The van der Waals surface area contributed by atoms with Crippen LogP contribution in [0.3, 0.4) is 0 Å². The minimum atomic E-state index is -3.69. The average molecular weight is 361 g/mol. The summed E-state index contributed by atoms with van der Waals surface area (Å²) in [6, 6.07) is 13.0. The lowest BCUT2D eigenvalue weighted by Gasteiger charge is -2.12. The van der Waals surface area contributed by atoms with Gasteiger partial charge in [0.2, 0.25) is 0 Å². The second-order valence-electron chi connectivity index (χ2n) is 5.77. The molecule has 0 spiro atoms. The van der Waals surface area contributed by atoms with E-state index < -0.39 is 10.0 Å². The van der Waals surface area contributed by atoms with E-state index in [2.05, 4.69) is 29.2 Å². The molecule has 0 saturated heterocycles. The fourth-order valence-corrected chi connectivity index (χ4v) is 3.33. The summed E-state index contributed by atoms with van der Waals surface area (Å²) in [4.78, 5) is 11.5. The number of hydrogen-bond acceptors (Lipinski definition) is 3. The Kier molecular flexibility index (Phi) is 6.03. The maximum Gasteiger partial charge on any atom is 0.318 e. The van der Waals surface area contributed by atoms with Crippen LogP contribution in [0.5, 0.6) is 0 Å². The Hall–Kier alpha value is -2.54. The van der Waals surface area contributed by atoms with Crippen LogP contribution in [0.2, 0.25) is 0 Å². The van der Waals surface area contributed by atoms with E-state index in [-0.39, 0.29) is 10.9 Å². The van der Waals surface area contributed by atoms with E-state index >= 15 is 0 Å². The number of amides is 2. The van der Waals surface area contributed by atoms with E-state index in [1.165, 1.54) is 7.05 Å². The maximum absolute atomic E-state index is 12.5. The molecule has 1 atom stereocenters. The lowest BCUT2D eigenvalue weighted by molar-refractivity contribution is 0.254. The van der Waals surface area contributed by atoms with Crippen LogP contribution < -0.4 is 15.4 Å². The average Bonchev–Trinajstić information content (AvgIpc) is 2.61. The zero-order chi connectivity index (χ0) is 18.4. The van der Waals surface area contributed by atoms with Crippen LogP contribution in [0.4, 0.5) is 16.2 Å². The van der Waals surface area contributed by atoms with Crippen LogP contribution in [0.1, 0.15) is 31.7 Å². The Morgan fingerprint density at radius 1 is 1.08 bits per heavy atom. The number of urea groups is 1. The first-order chi connectivity index (χ1) is 11.9. The van der Waals surface area contributed by atoms with Gasteiger partial charge in [-0.1, -0.05) is 32.0 Å². The molecular weight excluding hydrogens is 338 g/mol. The number of anilines is 2. The second-order valence-corrected chi connectivity index (χ2v) is 7.45. The minimum Gasteiger partial charge on any atom is -0.341 e. The van der Waals surface area contributed by atoms with Crippen molar-refractivity contribution in [2.45, 2.75) is 31.1 Å². The molecule has 6 nitrogen and oxygen atoms in total. The summed E-state index contributed by atoms with van der Waals surface area (Å²) in [7, 11) is -2.19. The quantitative estimate of drug-likeness (QED) is 0.732. The molecule has 0 radical (unpaired) electrons. The standard InChI is InChI=1S/C18H23N3O3S/c1-4-13(2)14-8-10-17(11-9-14)25(23,24)21-16-7-5-6-15(12-16)20-18(22)19-3/h5-13,21H,4H2,1-3H3,(H2,19,20,22). The van der Waals surface area contributed by atoms with Gasteiger partial charge in [-0.15, -0.1) is 0 Å². The zero-order valence-corrected chi connectivity index (χ0v) is 15.4. The smallest absolute Gasteiger partial charge is 0.318 e. The van der Waals surface area contributed by atoms with Crippen LogP contribution in [0, 0.1) is 0 Å². The molecule has 0 heterocycles. The van der Waals surface area contributed by atoms with Gasteiger partial charge in [0.1, 0.15) is 0 Å². The number of hydrogen-bond donors (Lipinski definition) is 3. The SMILES string of the molecule is CCC(C)c1ccc(S(=O)(=O)Nc2cccc(NC(=O)NC)c2)cc1. The number of carbonyl (C=O) groups is 1. The molecular formula is C18H23N3O3S. The Bertz CT molecular complexity index is 833. The highest BCUT2D eigenvalue weighted by atomic mass is 32.2. The molecule has 1 unspecified atom stereocenters. The van der Waals surface area contributed by atoms with Crippen molar-refractivity contribution in [3.05, 3.63) is 54.1 Å². The monoisotopic (exact) mass is 361 g/mol. The van der Waals surface area contributed by atoms with Gasteiger partial charge in [0.25, 0.3) is 10.0 Å². The summed E-state index contributed by atoms with van der Waals surface area (Å²) in [6.07, 6.45) is 0.996. The molecule has 0 saturated carbocycles. The van der Waals surface area contributed by atoms with Crippen LogP contribution in [-0.2, 0) is 10.0 Å². The molecule has 2 aromatic rings. The first kappa shape index (κ1) is 18.8. The number of rotatable bonds is 6. The van der Waals surface area contributed by atoms with Crippen LogP contribution in [0.15, 0.2) is 53.4 Å².